The van der Waals surface area contributed by atoms with Crippen LogP contribution in [-0.4, -0.2) is 35.6 Å². The third-order valence-corrected chi connectivity index (χ3v) is 6.23. The van der Waals surface area contributed by atoms with Crippen molar-refractivity contribution in [2.75, 3.05) is 13.1 Å². The SMILES string of the molecule is CCC1CNC(CC)(CC)CN1C1CCCCCC1C. The highest BCUT2D eigenvalue weighted by atomic mass is 15.3. The monoisotopic (exact) mass is 280 g/mol. The third kappa shape index (κ3) is 3.39. The van der Waals surface area contributed by atoms with E-state index in [0.717, 1.165) is 18.0 Å². The average Bonchev–Trinajstić information content (AvgIpc) is 2.71. The molecule has 3 atom stereocenters. The third-order valence-electron chi connectivity index (χ3n) is 6.23. The van der Waals surface area contributed by atoms with Crippen LogP contribution in [0.1, 0.15) is 79.1 Å². The molecule has 2 rings (SSSR count). The smallest absolute Gasteiger partial charge is 0.0304 e. The van der Waals surface area contributed by atoms with Crippen LogP contribution in [0.2, 0.25) is 0 Å². The van der Waals surface area contributed by atoms with Crippen LogP contribution in [-0.2, 0) is 0 Å². The molecule has 1 aliphatic heterocycles. The molecule has 2 aliphatic rings. The Balaban J connectivity index is 2.15. The van der Waals surface area contributed by atoms with Crippen molar-refractivity contribution in [2.24, 2.45) is 5.92 Å². The summed E-state index contributed by atoms with van der Waals surface area (Å²) in [5.41, 5.74) is 0.373. The maximum absolute atomic E-state index is 3.89. The van der Waals surface area contributed by atoms with Crippen LogP contribution < -0.4 is 5.32 Å². The lowest BCUT2D eigenvalue weighted by Crippen LogP contribution is -2.66. The Morgan fingerprint density at radius 2 is 1.75 bits per heavy atom. The quantitative estimate of drug-likeness (QED) is 0.777. The summed E-state index contributed by atoms with van der Waals surface area (Å²) in [6.07, 6.45) is 11.0. The zero-order valence-corrected chi connectivity index (χ0v) is 14.3. The minimum atomic E-state index is 0.373. The van der Waals surface area contributed by atoms with Gasteiger partial charge in [-0.25, -0.2) is 0 Å². The number of nitrogens with zero attached hydrogens (tertiary/aromatic N) is 1. The van der Waals surface area contributed by atoms with E-state index in [1.54, 1.807) is 0 Å². The van der Waals surface area contributed by atoms with E-state index in [9.17, 15) is 0 Å². The molecule has 118 valence electrons. The maximum Gasteiger partial charge on any atom is 0.0304 e. The van der Waals surface area contributed by atoms with E-state index in [1.807, 2.05) is 0 Å². The minimum absolute atomic E-state index is 0.373. The van der Waals surface area contributed by atoms with E-state index in [-0.39, 0.29) is 0 Å². The van der Waals surface area contributed by atoms with Crippen LogP contribution in [0.4, 0.5) is 0 Å². The molecule has 2 heteroatoms. The van der Waals surface area contributed by atoms with Crippen molar-refractivity contribution in [3.8, 4) is 0 Å². The van der Waals surface area contributed by atoms with Crippen molar-refractivity contribution in [1.29, 1.82) is 0 Å². The molecule has 2 fully saturated rings. The zero-order chi connectivity index (χ0) is 14.6. The zero-order valence-electron chi connectivity index (χ0n) is 14.3. The first-order valence-corrected chi connectivity index (χ1v) is 9.16. The van der Waals surface area contributed by atoms with Gasteiger partial charge in [-0.1, -0.05) is 47.0 Å². The molecule has 3 unspecified atom stereocenters. The molecule has 0 bridgehead atoms. The van der Waals surface area contributed by atoms with Crippen molar-refractivity contribution in [1.82, 2.24) is 10.2 Å². The summed E-state index contributed by atoms with van der Waals surface area (Å²) in [5.74, 6) is 0.885. The Morgan fingerprint density at radius 1 is 1.05 bits per heavy atom. The van der Waals surface area contributed by atoms with Gasteiger partial charge in [0.1, 0.15) is 0 Å². The molecular formula is C18H36N2. The number of rotatable bonds is 4. The van der Waals surface area contributed by atoms with E-state index in [1.165, 1.54) is 64.5 Å². The second-order valence-corrected chi connectivity index (χ2v) is 7.29. The molecule has 0 aromatic carbocycles. The van der Waals surface area contributed by atoms with Crippen molar-refractivity contribution >= 4 is 0 Å². The summed E-state index contributed by atoms with van der Waals surface area (Å²) in [5, 5.41) is 3.89. The lowest BCUT2D eigenvalue weighted by molar-refractivity contribution is 0.0130. The summed E-state index contributed by atoms with van der Waals surface area (Å²) in [6.45, 7) is 12.1. The molecule has 0 aromatic heterocycles. The second-order valence-electron chi connectivity index (χ2n) is 7.29. The summed E-state index contributed by atoms with van der Waals surface area (Å²) < 4.78 is 0. The summed E-state index contributed by atoms with van der Waals surface area (Å²) in [7, 11) is 0. The number of hydrogen-bond acceptors (Lipinski definition) is 2. The maximum atomic E-state index is 3.89. The molecular weight excluding hydrogens is 244 g/mol. The van der Waals surface area contributed by atoms with Crippen LogP contribution in [0.15, 0.2) is 0 Å². The number of nitrogens with one attached hydrogen (secondary N) is 1. The van der Waals surface area contributed by atoms with Crippen molar-refractivity contribution < 1.29 is 0 Å². The first kappa shape index (κ1) is 16.3. The summed E-state index contributed by atoms with van der Waals surface area (Å²) >= 11 is 0. The fourth-order valence-electron chi connectivity index (χ4n) is 4.44. The Kier molecular flexibility index (Phi) is 5.92. The largest absolute Gasteiger partial charge is 0.308 e. The highest BCUT2D eigenvalue weighted by Gasteiger charge is 2.40. The molecule has 1 N–H and O–H groups in total. The lowest BCUT2D eigenvalue weighted by atomic mass is 9.84. The highest BCUT2D eigenvalue weighted by Crippen LogP contribution is 2.33. The Morgan fingerprint density at radius 3 is 2.40 bits per heavy atom. The van der Waals surface area contributed by atoms with Crippen LogP contribution >= 0.6 is 0 Å². The number of piperazine rings is 1. The topological polar surface area (TPSA) is 15.3 Å². The van der Waals surface area contributed by atoms with Gasteiger partial charge in [0.25, 0.3) is 0 Å². The molecule has 1 aliphatic carbocycles. The van der Waals surface area contributed by atoms with E-state index in [0.29, 0.717) is 5.54 Å². The van der Waals surface area contributed by atoms with Crippen LogP contribution in [0.3, 0.4) is 0 Å². The molecule has 0 amide bonds. The molecule has 0 radical (unpaired) electrons. The van der Waals surface area contributed by atoms with Gasteiger partial charge in [-0.3, -0.25) is 4.90 Å². The van der Waals surface area contributed by atoms with Crippen molar-refractivity contribution in [3.63, 3.8) is 0 Å². The molecule has 1 heterocycles. The van der Waals surface area contributed by atoms with Crippen LogP contribution in [0.5, 0.6) is 0 Å². The average molecular weight is 280 g/mol. The number of hydrogen-bond donors (Lipinski definition) is 1. The molecule has 2 nitrogen and oxygen atoms in total. The van der Waals surface area contributed by atoms with Gasteiger partial charge in [0.15, 0.2) is 0 Å². The lowest BCUT2D eigenvalue weighted by Gasteiger charge is -2.51. The Bertz CT molecular complexity index is 285. The molecule has 1 saturated carbocycles. The van der Waals surface area contributed by atoms with Crippen LogP contribution in [0.25, 0.3) is 0 Å². The predicted octanol–water partition coefficient (Wildman–Crippen LogP) is 4.20. The van der Waals surface area contributed by atoms with E-state index >= 15 is 0 Å². The van der Waals surface area contributed by atoms with Crippen molar-refractivity contribution in [2.45, 2.75) is 96.7 Å². The molecule has 0 spiro atoms. The second kappa shape index (κ2) is 7.26. The Labute approximate surface area is 126 Å². The minimum Gasteiger partial charge on any atom is -0.308 e. The van der Waals surface area contributed by atoms with Crippen molar-refractivity contribution in [3.05, 3.63) is 0 Å². The van der Waals surface area contributed by atoms with Gasteiger partial charge >= 0.3 is 0 Å². The highest BCUT2D eigenvalue weighted by molar-refractivity contribution is 4.99. The van der Waals surface area contributed by atoms with Gasteiger partial charge in [-0.2, -0.15) is 0 Å². The van der Waals surface area contributed by atoms with Gasteiger partial charge in [0, 0.05) is 30.7 Å². The standard InChI is InChI=1S/C18H36N2/c1-5-16-13-19-18(6-2,7-3)14-20(16)17-12-10-8-9-11-15(17)4/h15-17,19H,5-14H2,1-4H3. The molecule has 1 saturated heterocycles. The first-order chi connectivity index (χ1) is 9.65. The molecule has 0 aromatic rings. The predicted molar refractivity (Wildman–Crippen MR) is 88.1 cm³/mol. The van der Waals surface area contributed by atoms with Gasteiger partial charge < -0.3 is 5.32 Å². The Hall–Kier alpha value is -0.0800. The summed E-state index contributed by atoms with van der Waals surface area (Å²) in [4.78, 5) is 2.92. The first-order valence-electron chi connectivity index (χ1n) is 9.16. The van der Waals surface area contributed by atoms with E-state index in [2.05, 4.69) is 37.9 Å². The summed E-state index contributed by atoms with van der Waals surface area (Å²) in [6, 6.07) is 1.59. The fourth-order valence-corrected chi connectivity index (χ4v) is 4.44. The van der Waals surface area contributed by atoms with Gasteiger partial charge in [-0.15, -0.1) is 0 Å². The molecule has 20 heavy (non-hydrogen) atoms. The van der Waals surface area contributed by atoms with E-state index in [4.69, 9.17) is 0 Å². The van der Waals surface area contributed by atoms with Gasteiger partial charge in [0.2, 0.25) is 0 Å². The normalized spacial score (nSPS) is 35.7. The van der Waals surface area contributed by atoms with Gasteiger partial charge in [0.05, 0.1) is 0 Å². The van der Waals surface area contributed by atoms with E-state index < -0.39 is 0 Å². The van der Waals surface area contributed by atoms with Gasteiger partial charge in [-0.05, 0) is 38.0 Å². The fraction of sp³-hybridized carbons (Fsp3) is 1.00. The van der Waals surface area contributed by atoms with Crippen LogP contribution in [0, 0.1) is 5.92 Å².